The van der Waals surface area contributed by atoms with Crippen LogP contribution in [0.3, 0.4) is 0 Å². The van der Waals surface area contributed by atoms with E-state index >= 15 is 0 Å². The van der Waals surface area contributed by atoms with E-state index < -0.39 is 18.5 Å². The third-order valence-corrected chi connectivity index (χ3v) is 4.08. The van der Waals surface area contributed by atoms with E-state index in [0.29, 0.717) is 43.6 Å². The molecule has 0 radical (unpaired) electrons. The number of rotatable bonds is 8. The lowest BCUT2D eigenvalue weighted by Crippen LogP contribution is -2.32. The molecule has 0 aliphatic carbocycles. The fourth-order valence-corrected chi connectivity index (χ4v) is 2.72. The smallest absolute Gasteiger partial charge is 0.338 e. The van der Waals surface area contributed by atoms with Gasteiger partial charge >= 0.3 is 5.97 Å². The van der Waals surface area contributed by atoms with Crippen LogP contribution in [0.4, 0.5) is 0 Å². The van der Waals surface area contributed by atoms with E-state index in [1.807, 2.05) is 31.2 Å². The van der Waals surface area contributed by atoms with Crippen LogP contribution in [-0.2, 0) is 9.53 Å². The van der Waals surface area contributed by atoms with Gasteiger partial charge in [0.25, 0.3) is 5.91 Å². The van der Waals surface area contributed by atoms with E-state index in [1.54, 1.807) is 0 Å². The predicted octanol–water partition coefficient (Wildman–Crippen LogP) is 2.13. The first-order chi connectivity index (χ1) is 14.1. The van der Waals surface area contributed by atoms with Crippen LogP contribution in [0.2, 0.25) is 0 Å². The topological polar surface area (TPSA) is 92.3 Å². The molecule has 3 rings (SSSR count). The Morgan fingerprint density at radius 2 is 1.97 bits per heavy atom. The fraction of sp³-hybridized carbons (Fsp3) is 0.333. The second-order valence-electron chi connectivity index (χ2n) is 6.29. The highest BCUT2D eigenvalue weighted by Crippen LogP contribution is 2.40. The van der Waals surface area contributed by atoms with Gasteiger partial charge in [-0.3, -0.25) is 4.79 Å². The summed E-state index contributed by atoms with van der Waals surface area (Å²) in [6.07, 6.45) is 0. The molecule has 1 heterocycles. The van der Waals surface area contributed by atoms with Gasteiger partial charge in [-0.25, -0.2) is 4.79 Å². The zero-order valence-electron chi connectivity index (χ0n) is 16.4. The van der Waals surface area contributed by atoms with Gasteiger partial charge in [-0.2, -0.15) is 0 Å². The maximum Gasteiger partial charge on any atom is 0.338 e. The van der Waals surface area contributed by atoms with Gasteiger partial charge in [-0.05, 0) is 36.8 Å². The Labute approximate surface area is 168 Å². The standard InChI is InChI=1S/C21H23NO7/c1-14-4-3-5-16(10-14)26-7-6-22-19(23)13-29-21(24)15-11-17(25-2)20-18(12-15)27-8-9-28-20/h3-5,10-12H,6-9,13H2,1-2H3,(H,22,23). The first-order valence-electron chi connectivity index (χ1n) is 9.17. The van der Waals surface area contributed by atoms with Gasteiger partial charge in [0.15, 0.2) is 18.1 Å². The number of amides is 1. The van der Waals surface area contributed by atoms with Crippen molar-refractivity contribution in [2.75, 3.05) is 40.1 Å². The average Bonchev–Trinajstić information content (AvgIpc) is 2.74. The number of nitrogens with one attached hydrogen (secondary N) is 1. The maximum atomic E-state index is 12.3. The lowest BCUT2D eigenvalue weighted by Gasteiger charge is -2.21. The van der Waals surface area contributed by atoms with E-state index in [9.17, 15) is 9.59 Å². The molecule has 0 aromatic heterocycles. The van der Waals surface area contributed by atoms with Crippen LogP contribution < -0.4 is 24.3 Å². The molecule has 0 unspecified atom stereocenters. The number of hydrogen-bond donors (Lipinski definition) is 1. The summed E-state index contributed by atoms with van der Waals surface area (Å²) >= 11 is 0. The van der Waals surface area contributed by atoms with Crippen LogP contribution in [0.25, 0.3) is 0 Å². The maximum absolute atomic E-state index is 12.3. The third-order valence-electron chi connectivity index (χ3n) is 4.08. The van der Waals surface area contributed by atoms with Crippen molar-refractivity contribution in [2.24, 2.45) is 0 Å². The largest absolute Gasteiger partial charge is 0.493 e. The highest BCUT2D eigenvalue weighted by atomic mass is 16.6. The molecule has 0 saturated heterocycles. The van der Waals surface area contributed by atoms with Gasteiger partial charge in [0.2, 0.25) is 5.75 Å². The number of carbonyl (C=O) groups is 2. The molecule has 154 valence electrons. The second kappa shape index (κ2) is 9.68. The van der Waals surface area contributed by atoms with Gasteiger partial charge in [0.1, 0.15) is 25.6 Å². The fourth-order valence-electron chi connectivity index (χ4n) is 2.72. The Morgan fingerprint density at radius 1 is 1.14 bits per heavy atom. The van der Waals surface area contributed by atoms with Gasteiger partial charge in [-0.15, -0.1) is 0 Å². The highest BCUT2D eigenvalue weighted by Gasteiger charge is 2.22. The van der Waals surface area contributed by atoms with Crippen LogP contribution in [-0.4, -0.2) is 52.0 Å². The molecule has 1 aliphatic rings. The van der Waals surface area contributed by atoms with Crippen LogP contribution in [0.1, 0.15) is 15.9 Å². The average molecular weight is 401 g/mol. The minimum Gasteiger partial charge on any atom is -0.493 e. The molecule has 8 heteroatoms. The van der Waals surface area contributed by atoms with E-state index in [4.69, 9.17) is 23.7 Å². The molecule has 0 bridgehead atoms. The van der Waals surface area contributed by atoms with Gasteiger partial charge in [0, 0.05) is 0 Å². The number of ether oxygens (including phenoxy) is 5. The highest BCUT2D eigenvalue weighted by molar-refractivity contribution is 5.92. The van der Waals surface area contributed by atoms with Crippen molar-refractivity contribution in [3.63, 3.8) is 0 Å². The molecule has 1 aliphatic heterocycles. The lowest BCUT2D eigenvalue weighted by molar-refractivity contribution is -0.124. The Balaban J connectivity index is 1.44. The summed E-state index contributed by atoms with van der Waals surface area (Å²) in [7, 11) is 1.47. The molecule has 0 atom stereocenters. The summed E-state index contributed by atoms with van der Waals surface area (Å²) in [4.78, 5) is 24.2. The summed E-state index contributed by atoms with van der Waals surface area (Å²) in [5, 5.41) is 2.64. The molecule has 0 spiro atoms. The Morgan fingerprint density at radius 3 is 2.76 bits per heavy atom. The van der Waals surface area contributed by atoms with Crippen LogP contribution in [0.15, 0.2) is 36.4 Å². The minimum absolute atomic E-state index is 0.210. The molecular formula is C21H23NO7. The van der Waals surface area contributed by atoms with E-state index in [1.165, 1.54) is 19.2 Å². The van der Waals surface area contributed by atoms with Crippen LogP contribution in [0.5, 0.6) is 23.0 Å². The number of esters is 1. The lowest BCUT2D eigenvalue weighted by atomic mass is 10.1. The molecule has 0 fully saturated rings. The molecule has 0 saturated carbocycles. The Hall–Kier alpha value is -3.42. The normalized spacial score (nSPS) is 12.1. The van der Waals surface area contributed by atoms with Crippen molar-refractivity contribution in [2.45, 2.75) is 6.92 Å². The second-order valence-corrected chi connectivity index (χ2v) is 6.29. The van der Waals surface area contributed by atoms with Crippen molar-refractivity contribution >= 4 is 11.9 Å². The Kier molecular flexibility index (Phi) is 6.78. The van der Waals surface area contributed by atoms with Crippen molar-refractivity contribution in [1.82, 2.24) is 5.32 Å². The number of fused-ring (bicyclic) bond motifs is 1. The molecule has 1 amide bonds. The summed E-state index contributed by atoms with van der Waals surface area (Å²) in [5.41, 5.74) is 1.30. The molecule has 2 aromatic carbocycles. The zero-order chi connectivity index (χ0) is 20.6. The van der Waals surface area contributed by atoms with Crippen molar-refractivity contribution in [1.29, 1.82) is 0 Å². The van der Waals surface area contributed by atoms with E-state index in [0.717, 1.165) is 11.3 Å². The Bertz CT molecular complexity index is 864. The minimum atomic E-state index is -0.661. The molecule has 1 N–H and O–H groups in total. The van der Waals surface area contributed by atoms with E-state index in [-0.39, 0.29) is 5.56 Å². The molecular weight excluding hydrogens is 378 g/mol. The van der Waals surface area contributed by atoms with Gasteiger partial charge in [0.05, 0.1) is 19.2 Å². The number of carbonyl (C=O) groups excluding carboxylic acids is 2. The predicted molar refractivity (Wildman–Crippen MR) is 104 cm³/mol. The molecule has 8 nitrogen and oxygen atoms in total. The van der Waals surface area contributed by atoms with Gasteiger partial charge < -0.3 is 29.0 Å². The van der Waals surface area contributed by atoms with E-state index in [2.05, 4.69) is 5.32 Å². The molecule has 29 heavy (non-hydrogen) atoms. The van der Waals surface area contributed by atoms with Gasteiger partial charge in [-0.1, -0.05) is 12.1 Å². The first kappa shape index (κ1) is 20.3. The van der Waals surface area contributed by atoms with Crippen LogP contribution >= 0.6 is 0 Å². The number of aryl methyl sites for hydroxylation is 1. The zero-order valence-corrected chi connectivity index (χ0v) is 16.4. The SMILES string of the molecule is COc1cc(C(=O)OCC(=O)NCCOc2cccc(C)c2)cc2c1OCCO2. The van der Waals surface area contributed by atoms with Crippen molar-refractivity contribution in [3.8, 4) is 23.0 Å². The summed E-state index contributed by atoms with van der Waals surface area (Å²) in [6, 6.07) is 10.6. The summed E-state index contributed by atoms with van der Waals surface area (Å²) in [6.45, 7) is 2.95. The number of methoxy groups -OCH3 is 1. The monoisotopic (exact) mass is 401 g/mol. The summed E-state index contributed by atoms with van der Waals surface area (Å²) in [5.74, 6) is 0.870. The number of benzene rings is 2. The van der Waals surface area contributed by atoms with Crippen LogP contribution in [0, 0.1) is 6.92 Å². The molecule has 2 aromatic rings. The van der Waals surface area contributed by atoms with Crippen molar-refractivity contribution in [3.05, 3.63) is 47.5 Å². The quantitative estimate of drug-likeness (QED) is 0.535. The van der Waals surface area contributed by atoms with Crippen molar-refractivity contribution < 1.29 is 33.3 Å². The first-order valence-corrected chi connectivity index (χ1v) is 9.17. The third kappa shape index (κ3) is 5.54. The number of hydrogen-bond acceptors (Lipinski definition) is 7. The summed E-state index contributed by atoms with van der Waals surface area (Å²) < 4.78 is 26.8.